The van der Waals surface area contributed by atoms with E-state index in [9.17, 15) is 19.2 Å². The van der Waals surface area contributed by atoms with Crippen LogP contribution in [0.3, 0.4) is 0 Å². The lowest BCUT2D eigenvalue weighted by molar-refractivity contribution is -0.140. The summed E-state index contributed by atoms with van der Waals surface area (Å²) >= 11 is 4.72. The third-order valence-corrected chi connectivity index (χ3v) is 9.61. The van der Waals surface area contributed by atoms with E-state index in [2.05, 4.69) is 21.2 Å². The number of nitrogens with zero attached hydrogens (tertiary/aromatic N) is 3. The highest BCUT2D eigenvalue weighted by molar-refractivity contribution is 9.09. The average Bonchev–Trinajstić information content (AvgIpc) is 3.71. The molecule has 0 unspecified atom stereocenters. The number of hydrogen-bond acceptors (Lipinski definition) is 8. The van der Waals surface area contributed by atoms with Crippen molar-refractivity contribution in [3.8, 4) is 5.75 Å². The van der Waals surface area contributed by atoms with Crippen molar-refractivity contribution in [2.45, 2.75) is 96.4 Å². The van der Waals surface area contributed by atoms with Gasteiger partial charge in [-0.15, -0.1) is 11.3 Å². The summed E-state index contributed by atoms with van der Waals surface area (Å²) in [6, 6.07) is 5.24. The fourth-order valence-corrected chi connectivity index (χ4v) is 6.94. The highest BCUT2D eigenvalue weighted by Gasteiger charge is 2.41. The molecule has 10 nitrogen and oxygen atoms in total. The minimum absolute atomic E-state index is 0.00274. The zero-order chi connectivity index (χ0) is 32.7. The number of hydrogen-bond donors (Lipinski definition) is 1. The average molecular weight is 706 g/mol. The van der Waals surface area contributed by atoms with Gasteiger partial charge in [-0.2, -0.15) is 0 Å². The summed E-state index contributed by atoms with van der Waals surface area (Å²) in [5.74, 6) is -0.112. The quantitative estimate of drug-likeness (QED) is 0.221. The van der Waals surface area contributed by atoms with Crippen LogP contribution in [0.4, 0.5) is 4.79 Å². The van der Waals surface area contributed by atoms with Gasteiger partial charge in [-0.25, -0.2) is 9.78 Å². The van der Waals surface area contributed by atoms with E-state index in [1.165, 1.54) is 23.3 Å². The van der Waals surface area contributed by atoms with Crippen LogP contribution in [0.15, 0.2) is 29.6 Å². The first kappa shape index (κ1) is 34.9. The maximum absolute atomic E-state index is 14.3. The van der Waals surface area contributed by atoms with Crippen molar-refractivity contribution < 1.29 is 28.7 Å². The van der Waals surface area contributed by atoms with Gasteiger partial charge in [-0.1, -0.05) is 47.3 Å². The van der Waals surface area contributed by atoms with Crippen LogP contribution in [0, 0.1) is 5.92 Å². The number of ketones is 1. The van der Waals surface area contributed by atoms with E-state index in [4.69, 9.17) is 14.5 Å². The lowest BCUT2D eigenvalue weighted by atomic mass is 9.83. The molecule has 2 aromatic rings. The van der Waals surface area contributed by atoms with E-state index < -0.39 is 29.7 Å². The Morgan fingerprint density at radius 2 is 1.87 bits per heavy atom. The predicted octanol–water partition coefficient (Wildman–Crippen LogP) is 6.13. The molecule has 1 aromatic carbocycles. The molecule has 1 saturated carbocycles. The molecule has 1 N–H and O–H groups in total. The number of nitrogens with one attached hydrogen (secondary N) is 1. The number of halogens is 1. The van der Waals surface area contributed by atoms with Crippen LogP contribution >= 0.6 is 27.3 Å². The summed E-state index contributed by atoms with van der Waals surface area (Å²) < 4.78 is 11.1. The number of likely N-dealkylation sites (tertiary alicyclic amines) is 1. The van der Waals surface area contributed by atoms with E-state index in [1.54, 1.807) is 51.3 Å². The standard InChI is InChI=1S/C33H45BrN4O6S/c1-21(37(5)32(42)44-33(2,3)4)29(40)36-27(22-11-7-6-8-12-22)31(41)38-17-10-15-26(38)30-35-25(20-45-30)28(39)23-13-9-14-24(19-23)43-18-16-34/h9,13-14,19-22,26-27H,6-8,10-12,15-18H2,1-5H3,(H,36,40)/t21-,26-,27-/m0/s1. The topological polar surface area (TPSA) is 118 Å². The van der Waals surface area contributed by atoms with Gasteiger partial charge in [-0.05, 0) is 71.4 Å². The molecule has 1 aliphatic carbocycles. The molecule has 3 amide bonds. The van der Waals surface area contributed by atoms with Gasteiger partial charge in [-0.3, -0.25) is 19.3 Å². The van der Waals surface area contributed by atoms with Gasteiger partial charge >= 0.3 is 6.09 Å². The smallest absolute Gasteiger partial charge is 0.410 e. The predicted molar refractivity (Wildman–Crippen MR) is 177 cm³/mol. The molecule has 0 bridgehead atoms. The van der Waals surface area contributed by atoms with Crippen molar-refractivity contribution in [3.63, 3.8) is 0 Å². The van der Waals surface area contributed by atoms with Gasteiger partial charge in [0.2, 0.25) is 17.6 Å². The number of aromatic nitrogens is 1. The van der Waals surface area contributed by atoms with Crippen LogP contribution in [-0.2, 0) is 14.3 Å². The summed E-state index contributed by atoms with van der Waals surface area (Å²) in [5.41, 5.74) is 0.130. The first-order chi connectivity index (χ1) is 21.4. The van der Waals surface area contributed by atoms with Gasteiger partial charge < -0.3 is 19.7 Å². The van der Waals surface area contributed by atoms with E-state index in [1.807, 2.05) is 11.0 Å². The van der Waals surface area contributed by atoms with E-state index in [0.29, 0.717) is 40.5 Å². The summed E-state index contributed by atoms with van der Waals surface area (Å²) in [7, 11) is 1.53. The Bertz CT molecular complexity index is 1350. The fraction of sp³-hybridized carbons (Fsp3) is 0.606. The molecule has 0 spiro atoms. The third kappa shape index (κ3) is 9.06. The number of benzene rings is 1. The van der Waals surface area contributed by atoms with Crippen molar-refractivity contribution in [1.29, 1.82) is 0 Å². The van der Waals surface area contributed by atoms with Crippen molar-refractivity contribution in [1.82, 2.24) is 20.1 Å². The third-order valence-electron chi connectivity index (χ3n) is 8.34. The molecule has 0 radical (unpaired) electrons. The summed E-state index contributed by atoms with van der Waals surface area (Å²) in [4.78, 5) is 61.5. The molecule has 1 saturated heterocycles. The first-order valence-corrected chi connectivity index (χ1v) is 17.8. The molecule has 12 heteroatoms. The minimum Gasteiger partial charge on any atom is -0.493 e. The Morgan fingerprint density at radius 3 is 2.56 bits per heavy atom. The summed E-state index contributed by atoms with van der Waals surface area (Å²) in [6.07, 6.45) is 5.73. The lowest BCUT2D eigenvalue weighted by Crippen LogP contribution is -2.56. The van der Waals surface area contributed by atoms with Crippen molar-refractivity contribution in [3.05, 3.63) is 45.9 Å². The zero-order valence-electron chi connectivity index (χ0n) is 26.8. The fourth-order valence-electron chi connectivity index (χ4n) is 5.83. The Kier molecular flexibility index (Phi) is 12.0. The maximum Gasteiger partial charge on any atom is 0.410 e. The number of alkyl halides is 1. The molecule has 246 valence electrons. The van der Waals surface area contributed by atoms with Gasteiger partial charge in [0.1, 0.15) is 34.1 Å². The molecule has 4 rings (SSSR count). The van der Waals surface area contributed by atoms with Crippen LogP contribution in [0.5, 0.6) is 5.75 Å². The number of carbonyl (C=O) groups excluding carboxylic acids is 4. The molecular formula is C33H45BrN4O6S. The van der Waals surface area contributed by atoms with Crippen molar-refractivity contribution >= 4 is 51.0 Å². The number of thiazole rings is 1. The highest BCUT2D eigenvalue weighted by atomic mass is 79.9. The Hall–Kier alpha value is -2.99. The molecule has 1 aliphatic heterocycles. The zero-order valence-corrected chi connectivity index (χ0v) is 29.2. The van der Waals surface area contributed by atoms with Crippen molar-refractivity contribution in [2.24, 2.45) is 5.92 Å². The van der Waals surface area contributed by atoms with Crippen LogP contribution < -0.4 is 10.1 Å². The van der Waals surface area contributed by atoms with Gasteiger partial charge in [0.25, 0.3) is 0 Å². The molecule has 1 aromatic heterocycles. The van der Waals surface area contributed by atoms with Gasteiger partial charge in [0.15, 0.2) is 0 Å². The molecule has 2 heterocycles. The maximum atomic E-state index is 14.3. The summed E-state index contributed by atoms with van der Waals surface area (Å²) in [5, 5.41) is 6.18. The number of likely N-dealkylation sites (N-methyl/N-ethyl adjacent to an activating group) is 1. The van der Waals surface area contributed by atoms with Gasteiger partial charge in [0.05, 0.1) is 12.6 Å². The van der Waals surface area contributed by atoms with E-state index in [0.717, 1.165) is 44.9 Å². The van der Waals surface area contributed by atoms with Crippen LogP contribution in [0.1, 0.15) is 99.7 Å². The Labute approximate surface area is 278 Å². The SMILES string of the molecule is C[C@@H](C(=O)N[C@H](C(=O)N1CCC[C@H]1c1nc(C(=O)c2cccc(OCCBr)c2)cs1)C1CCCCC1)N(C)C(=O)OC(C)(C)C. The number of amides is 3. The Morgan fingerprint density at radius 1 is 1.13 bits per heavy atom. The normalized spacial score (nSPS) is 18.6. The Balaban J connectivity index is 1.50. The molecular weight excluding hydrogens is 660 g/mol. The van der Waals surface area contributed by atoms with Gasteiger partial charge in [0, 0.05) is 29.9 Å². The van der Waals surface area contributed by atoms with Crippen LogP contribution in [-0.4, -0.2) is 81.7 Å². The minimum atomic E-state index is -0.830. The largest absolute Gasteiger partial charge is 0.493 e. The first-order valence-electron chi connectivity index (χ1n) is 15.7. The van der Waals surface area contributed by atoms with E-state index in [-0.39, 0.29) is 23.7 Å². The second-order valence-corrected chi connectivity index (χ2v) is 14.5. The summed E-state index contributed by atoms with van der Waals surface area (Å²) in [6.45, 7) is 7.99. The van der Waals surface area contributed by atoms with Crippen LogP contribution in [0.25, 0.3) is 0 Å². The highest BCUT2D eigenvalue weighted by Crippen LogP contribution is 2.36. The van der Waals surface area contributed by atoms with E-state index >= 15 is 0 Å². The number of carbonyl (C=O) groups is 4. The molecule has 3 atom stereocenters. The second kappa shape index (κ2) is 15.5. The lowest BCUT2D eigenvalue weighted by Gasteiger charge is -2.36. The van der Waals surface area contributed by atoms with Crippen LogP contribution in [0.2, 0.25) is 0 Å². The number of ether oxygens (including phenoxy) is 2. The monoisotopic (exact) mass is 704 g/mol. The second-order valence-electron chi connectivity index (χ2n) is 12.8. The molecule has 45 heavy (non-hydrogen) atoms. The molecule has 2 aliphatic rings. The molecule has 2 fully saturated rings. The van der Waals surface area contributed by atoms with Crippen molar-refractivity contribution in [2.75, 3.05) is 25.5 Å². The number of rotatable bonds is 11.